The van der Waals surface area contributed by atoms with Crippen molar-refractivity contribution < 1.29 is 4.52 Å². The standard InChI is InChI=1S/C13H24N4O/c1-3-12-15-13(18-16-12)10-17(4-2)9-11-7-5-6-8-14-11/h11,14H,3-10H2,1-2H3. The molecule has 2 heterocycles. The number of nitrogens with one attached hydrogen (secondary N) is 1. The molecule has 0 amide bonds. The van der Waals surface area contributed by atoms with E-state index in [0.717, 1.165) is 44.3 Å². The van der Waals surface area contributed by atoms with Crippen molar-refractivity contribution in [3.8, 4) is 0 Å². The first kappa shape index (κ1) is 13.5. The summed E-state index contributed by atoms with van der Waals surface area (Å²) in [5.41, 5.74) is 0. The first-order chi connectivity index (χ1) is 8.81. The summed E-state index contributed by atoms with van der Waals surface area (Å²) in [6.07, 6.45) is 4.77. The monoisotopic (exact) mass is 252 g/mol. The number of hydrogen-bond acceptors (Lipinski definition) is 5. The van der Waals surface area contributed by atoms with E-state index in [1.54, 1.807) is 0 Å². The topological polar surface area (TPSA) is 54.2 Å². The molecule has 0 spiro atoms. The zero-order valence-electron chi connectivity index (χ0n) is 11.5. The highest BCUT2D eigenvalue weighted by Crippen LogP contribution is 2.10. The molecule has 18 heavy (non-hydrogen) atoms. The molecule has 0 aliphatic carbocycles. The van der Waals surface area contributed by atoms with Gasteiger partial charge in [0.2, 0.25) is 5.89 Å². The van der Waals surface area contributed by atoms with Crippen LogP contribution in [0.5, 0.6) is 0 Å². The minimum atomic E-state index is 0.618. The molecule has 1 saturated heterocycles. The Morgan fingerprint density at radius 3 is 2.89 bits per heavy atom. The maximum absolute atomic E-state index is 5.25. The number of aryl methyl sites for hydroxylation is 1. The SMILES string of the molecule is CCc1noc(CN(CC)CC2CCCCN2)n1. The lowest BCUT2D eigenvalue weighted by Crippen LogP contribution is -2.43. The fourth-order valence-corrected chi connectivity index (χ4v) is 2.39. The van der Waals surface area contributed by atoms with Crippen molar-refractivity contribution >= 4 is 0 Å². The van der Waals surface area contributed by atoms with Crippen LogP contribution in [0.25, 0.3) is 0 Å². The summed E-state index contributed by atoms with van der Waals surface area (Å²) in [6.45, 7) is 8.23. The summed E-state index contributed by atoms with van der Waals surface area (Å²) in [4.78, 5) is 6.74. The second-order valence-corrected chi connectivity index (χ2v) is 4.93. The quantitative estimate of drug-likeness (QED) is 0.833. The lowest BCUT2D eigenvalue weighted by molar-refractivity contribution is 0.201. The van der Waals surface area contributed by atoms with Gasteiger partial charge < -0.3 is 9.84 Å². The average molecular weight is 252 g/mol. The molecule has 0 bridgehead atoms. The molecule has 2 rings (SSSR count). The van der Waals surface area contributed by atoms with E-state index in [1.165, 1.54) is 19.3 Å². The van der Waals surface area contributed by atoms with E-state index in [4.69, 9.17) is 4.52 Å². The van der Waals surface area contributed by atoms with Gasteiger partial charge in [-0.3, -0.25) is 4.90 Å². The summed E-state index contributed by atoms with van der Waals surface area (Å²) < 4.78 is 5.25. The molecular weight excluding hydrogens is 228 g/mol. The molecule has 0 radical (unpaired) electrons. The van der Waals surface area contributed by atoms with Gasteiger partial charge in [-0.25, -0.2) is 0 Å². The van der Waals surface area contributed by atoms with Gasteiger partial charge in [0.1, 0.15) is 0 Å². The van der Waals surface area contributed by atoms with Gasteiger partial charge in [-0.1, -0.05) is 25.4 Å². The van der Waals surface area contributed by atoms with E-state index in [2.05, 4.69) is 27.3 Å². The lowest BCUT2D eigenvalue weighted by atomic mass is 10.0. The Morgan fingerprint density at radius 1 is 1.39 bits per heavy atom. The third-order valence-electron chi connectivity index (χ3n) is 3.52. The van der Waals surface area contributed by atoms with Crippen molar-refractivity contribution in [1.29, 1.82) is 0 Å². The molecule has 1 unspecified atom stereocenters. The number of aromatic nitrogens is 2. The molecule has 1 aliphatic rings. The lowest BCUT2D eigenvalue weighted by Gasteiger charge is -2.29. The van der Waals surface area contributed by atoms with Crippen molar-refractivity contribution in [2.75, 3.05) is 19.6 Å². The van der Waals surface area contributed by atoms with Crippen LogP contribution in [0, 0.1) is 0 Å². The average Bonchev–Trinajstić information content (AvgIpc) is 2.87. The zero-order chi connectivity index (χ0) is 12.8. The van der Waals surface area contributed by atoms with Crippen LogP contribution in [0.2, 0.25) is 0 Å². The van der Waals surface area contributed by atoms with E-state index in [-0.39, 0.29) is 0 Å². The number of rotatable bonds is 6. The van der Waals surface area contributed by atoms with Crippen LogP contribution in [0.4, 0.5) is 0 Å². The number of hydrogen-bond donors (Lipinski definition) is 1. The van der Waals surface area contributed by atoms with E-state index in [9.17, 15) is 0 Å². The maximum Gasteiger partial charge on any atom is 0.240 e. The van der Waals surface area contributed by atoms with Gasteiger partial charge in [-0.2, -0.15) is 4.98 Å². The smallest absolute Gasteiger partial charge is 0.240 e. The summed E-state index contributed by atoms with van der Waals surface area (Å²) in [5.74, 6) is 1.54. The van der Waals surface area contributed by atoms with Crippen LogP contribution in [0.1, 0.15) is 44.8 Å². The molecule has 0 aromatic carbocycles. The van der Waals surface area contributed by atoms with Crippen molar-refractivity contribution in [2.24, 2.45) is 0 Å². The molecule has 1 aromatic rings. The Kier molecular flexibility index (Phi) is 5.13. The van der Waals surface area contributed by atoms with Crippen molar-refractivity contribution in [3.63, 3.8) is 0 Å². The van der Waals surface area contributed by atoms with E-state index in [0.29, 0.717) is 6.04 Å². The van der Waals surface area contributed by atoms with E-state index in [1.807, 2.05) is 6.92 Å². The predicted molar refractivity (Wildman–Crippen MR) is 70.3 cm³/mol. The summed E-state index contributed by atoms with van der Waals surface area (Å²) in [5, 5.41) is 7.52. The number of nitrogens with zero attached hydrogens (tertiary/aromatic N) is 3. The van der Waals surface area contributed by atoms with E-state index < -0.39 is 0 Å². The molecule has 1 fully saturated rings. The summed E-state index contributed by atoms with van der Waals surface area (Å²) >= 11 is 0. The number of likely N-dealkylation sites (N-methyl/N-ethyl adjacent to an activating group) is 1. The molecule has 1 atom stereocenters. The Labute approximate surface area is 109 Å². The largest absolute Gasteiger partial charge is 0.338 e. The predicted octanol–water partition coefficient (Wildman–Crippen LogP) is 1.60. The van der Waals surface area contributed by atoms with Crippen LogP contribution >= 0.6 is 0 Å². The minimum Gasteiger partial charge on any atom is -0.338 e. The highest BCUT2D eigenvalue weighted by molar-refractivity contribution is 4.86. The minimum absolute atomic E-state index is 0.618. The second kappa shape index (κ2) is 6.85. The van der Waals surface area contributed by atoms with Gasteiger partial charge in [0.25, 0.3) is 0 Å². The summed E-state index contributed by atoms with van der Waals surface area (Å²) in [7, 11) is 0. The van der Waals surface area contributed by atoms with Crippen LogP contribution in [0.3, 0.4) is 0 Å². The molecular formula is C13H24N4O. The van der Waals surface area contributed by atoms with Crippen LogP contribution in [-0.2, 0) is 13.0 Å². The van der Waals surface area contributed by atoms with Crippen molar-refractivity contribution in [3.05, 3.63) is 11.7 Å². The fourth-order valence-electron chi connectivity index (χ4n) is 2.39. The molecule has 102 valence electrons. The molecule has 0 saturated carbocycles. The molecule has 1 aromatic heterocycles. The Hall–Kier alpha value is -0.940. The normalized spacial score (nSPS) is 20.5. The highest BCUT2D eigenvalue weighted by Gasteiger charge is 2.17. The number of piperidine rings is 1. The first-order valence-electron chi connectivity index (χ1n) is 7.09. The summed E-state index contributed by atoms with van der Waals surface area (Å²) in [6, 6.07) is 0.618. The Balaban J connectivity index is 1.84. The van der Waals surface area contributed by atoms with Crippen LogP contribution in [0.15, 0.2) is 4.52 Å². The third kappa shape index (κ3) is 3.78. The molecule has 5 heteroatoms. The van der Waals surface area contributed by atoms with Gasteiger partial charge in [-0.15, -0.1) is 0 Å². The molecule has 1 N–H and O–H groups in total. The van der Waals surface area contributed by atoms with Gasteiger partial charge in [0.05, 0.1) is 6.54 Å². The van der Waals surface area contributed by atoms with E-state index >= 15 is 0 Å². The van der Waals surface area contributed by atoms with Gasteiger partial charge in [0.15, 0.2) is 5.82 Å². The second-order valence-electron chi connectivity index (χ2n) is 4.93. The van der Waals surface area contributed by atoms with Crippen molar-refractivity contribution in [2.45, 2.75) is 52.1 Å². The molecule has 1 aliphatic heterocycles. The van der Waals surface area contributed by atoms with Gasteiger partial charge in [-0.05, 0) is 25.9 Å². The Morgan fingerprint density at radius 2 is 2.28 bits per heavy atom. The zero-order valence-corrected chi connectivity index (χ0v) is 11.5. The van der Waals surface area contributed by atoms with Crippen molar-refractivity contribution in [1.82, 2.24) is 20.4 Å². The maximum atomic E-state index is 5.25. The van der Waals surface area contributed by atoms with Gasteiger partial charge in [0, 0.05) is 19.0 Å². The Bertz CT molecular complexity index is 347. The van der Waals surface area contributed by atoms with Crippen LogP contribution in [-0.4, -0.2) is 40.7 Å². The fraction of sp³-hybridized carbons (Fsp3) is 0.846. The third-order valence-corrected chi connectivity index (χ3v) is 3.52. The van der Waals surface area contributed by atoms with Crippen LogP contribution < -0.4 is 5.32 Å². The highest BCUT2D eigenvalue weighted by atomic mass is 16.5. The first-order valence-corrected chi connectivity index (χ1v) is 7.09. The molecule has 5 nitrogen and oxygen atoms in total. The van der Waals surface area contributed by atoms with Gasteiger partial charge >= 0.3 is 0 Å².